The molecule has 0 atom stereocenters. The predicted molar refractivity (Wildman–Crippen MR) is 48.3 cm³/mol. The molecule has 0 aliphatic rings. The van der Waals surface area contributed by atoms with E-state index in [2.05, 4.69) is 4.98 Å². The number of halogens is 1. The van der Waals surface area contributed by atoms with Crippen LogP contribution in [0.2, 0.25) is 5.02 Å². The molecule has 4 heteroatoms. The minimum absolute atomic E-state index is 0.253. The van der Waals surface area contributed by atoms with Gasteiger partial charge in [0.1, 0.15) is 0 Å². The topological polar surface area (TPSA) is 36.0 Å². The van der Waals surface area contributed by atoms with Crippen molar-refractivity contribution >= 4 is 33.2 Å². The Morgan fingerprint density at radius 2 is 2.33 bits per heavy atom. The van der Waals surface area contributed by atoms with Gasteiger partial charge in [-0.15, -0.1) is 11.3 Å². The number of thiazole rings is 1. The van der Waals surface area contributed by atoms with E-state index in [1.807, 2.05) is 6.07 Å². The molecule has 0 aliphatic heterocycles. The summed E-state index contributed by atoms with van der Waals surface area (Å²) in [6.45, 7) is -0.253. The molecule has 1 aromatic carbocycles. The van der Waals surface area contributed by atoms with E-state index in [1.54, 1.807) is 12.1 Å². The summed E-state index contributed by atoms with van der Waals surface area (Å²) in [5.41, 5.74) is 0.818. The number of hydrogen-bond donors (Lipinski definition) is 0. The average Bonchev–Trinajstić information content (AvgIpc) is 2.46. The van der Waals surface area contributed by atoms with Crippen molar-refractivity contribution in [3.8, 4) is 0 Å². The first kappa shape index (κ1) is 7.98. The van der Waals surface area contributed by atoms with Crippen molar-refractivity contribution in [2.45, 2.75) is 6.61 Å². The van der Waals surface area contributed by atoms with Crippen molar-refractivity contribution in [1.82, 2.24) is 4.98 Å². The second-order valence-corrected chi connectivity index (χ2v) is 3.92. The molecule has 0 radical (unpaired) electrons. The Hall–Kier alpha value is -0.640. The van der Waals surface area contributed by atoms with Gasteiger partial charge in [-0.25, -0.2) is 4.98 Å². The molecule has 2 aromatic rings. The summed E-state index contributed by atoms with van der Waals surface area (Å²) in [4.78, 5) is 4.11. The fourth-order valence-corrected chi connectivity index (χ4v) is 1.98. The third kappa shape index (κ3) is 1.31. The van der Waals surface area contributed by atoms with E-state index in [1.165, 1.54) is 11.3 Å². The first-order valence-electron chi connectivity index (χ1n) is 3.42. The number of nitrogens with zero attached hydrogens (tertiary/aromatic N) is 1. The highest BCUT2D eigenvalue weighted by Crippen LogP contribution is 2.24. The molecule has 0 unspecified atom stereocenters. The minimum atomic E-state index is -0.253. The maximum Gasteiger partial charge on any atom is 0.0829 e. The molecule has 0 saturated heterocycles. The number of fused-ring (bicyclic) bond motifs is 1. The maximum absolute atomic E-state index is 10.5. The van der Waals surface area contributed by atoms with Gasteiger partial charge in [0.15, 0.2) is 0 Å². The van der Waals surface area contributed by atoms with Gasteiger partial charge in [-0.1, -0.05) is 18.2 Å². The highest BCUT2D eigenvalue weighted by Gasteiger charge is 1.99. The third-order valence-electron chi connectivity index (χ3n) is 1.52. The van der Waals surface area contributed by atoms with Crippen LogP contribution in [-0.2, 0) is 6.61 Å². The van der Waals surface area contributed by atoms with Gasteiger partial charge in [-0.3, -0.25) is 0 Å². The lowest BCUT2D eigenvalue weighted by Crippen LogP contribution is -2.00. The second-order valence-electron chi connectivity index (χ2n) is 2.36. The van der Waals surface area contributed by atoms with Crippen molar-refractivity contribution < 1.29 is 5.11 Å². The molecular formula is C8H5ClNOS-. The quantitative estimate of drug-likeness (QED) is 0.701. The highest BCUT2D eigenvalue weighted by atomic mass is 35.5. The van der Waals surface area contributed by atoms with Crippen molar-refractivity contribution in [2.75, 3.05) is 0 Å². The maximum atomic E-state index is 10.5. The summed E-state index contributed by atoms with van der Waals surface area (Å²) >= 11 is 7.18. The molecule has 0 saturated carbocycles. The van der Waals surface area contributed by atoms with Gasteiger partial charge in [0.2, 0.25) is 0 Å². The van der Waals surface area contributed by atoms with E-state index in [0.29, 0.717) is 10.0 Å². The fourth-order valence-electron chi connectivity index (χ4n) is 1.01. The molecule has 0 fully saturated rings. The summed E-state index contributed by atoms with van der Waals surface area (Å²) in [5, 5.41) is 11.8. The second kappa shape index (κ2) is 3.01. The molecule has 12 heavy (non-hydrogen) atoms. The van der Waals surface area contributed by atoms with Crippen LogP contribution in [0.1, 0.15) is 5.01 Å². The first-order valence-corrected chi connectivity index (χ1v) is 4.62. The van der Waals surface area contributed by atoms with Crippen LogP contribution in [0.4, 0.5) is 0 Å². The first-order chi connectivity index (χ1) is 5.79. The fraction of sp³-hybridized carbons (Fsp3) is 0.125. The third-order valence-corrected chi connectivity index (χ3v) is 2.76. The summed E-state index contributed by atoms with van der Waals surface area (Å²) < 4.78 is 1.02. The van der Waals surface area contributed by atoms with Crippen LogP contribution in [-0.4, -0.2) is 4.98 Å². The van der Waals surface area contributed by atoms with Crippen molar-refractivity contribution in [3.05, 3.63) is 28.2 Å². The van der Waals surface area contributed by atoms with E-state index in [9.17, 15) is 5.11 Å². The number of hydrogen-bond acceptors (Lipinski definition) is 3. The van der Waals surface area contributed by atoms with E-state index in [0.717, 1.165) is 10.2 Å². The Morgan fingerprint density at radius 3 is 3.08 bits per heavy atom. The summed E-state index contributed by atoms with van der Waals surface area (Å²) in [6.07, 6.45) is 0. The van der Waals surface area contributed by atoms with Crippen molar-refractivity contribution in [2.24, 2.45) is 0 Å². The standard InChI is InChI=1S/C8H5ClNOS/c9-5-1-2-7-6(3-5)10-8(4-11)12-7/h1-3H,4H2/q-1. The highest BCUT2D eigenvalue weighted by molar-refractivity contribution is 7.18. The minimum Gasteiger partial charge on any atom is -0.849 e. The Balaban J connectivity index is 2.67. The number of rotatable bonds is 1. The largest absolute Gasteiger partial charge is 0.849 e. The molecule has 2 nitrogen and oxygen atoms in total. The summed E-state index contributed by atoms with van der Waals surface area (Å²) in [6, 6.07) is 5.46. The Morgan fingerprint density at radius 1 is 1.50 bits per heavy atom. The zero-order valence-corrected chi connectivity index (χ0v) is 7.65. The Kier molecular flexibility index (Phi) is 2.00. The SMILES string of the molecule is [O-]Cc1nc2cc(Cl)ccc2s1. The van der Waals surface area contributed by atoms with Crippen LogP contribution in [0, 0.1) is 0 Å². The molecule has 0 aliphatic carbocycles. The Labute approximate surface area is 78.4 Å². The van der Waals surface area contributed by atoms with Crippen LogP contribution < -0.4 is 5.11 Å². The van der Waals surface area contributed by atoms with Gasteiger partial charge in [0, 0.05) is 5.02 Å². The molecule has 0 spiro atoms. The van der Waals surface area contributed by atoms with Crippen LogP contribution in [0.15, 0.2) is 18.2 Å². The van der Waals surface area contributed by atoms with Gasteiger partial charge >= 0.3 is 0 Å². The molecule has 0 N–H and O–H groups in total. The lowest BCUT2D eigenvalue weighted by Gasteiger charge is -1.93. The molecule has 1 heterocycles. The zero-order chi connectivity index (χ0) is 8.55. The van der Waals surface area contributed by atoms with E-state index >= 15 is 0 Å². The van der Waals surface area contributed by atoms with E-state index in [-0.39, 0.29) is 6.61 Å². The smallest absolute Gasteiger partial charge is 0.0829 e. The monoisotopic (exact) mass is 198 g/mol. The molecular weight excluding hydrogens is 194 g/mol. The molecule has 0 amide bonds. The van der Waals surface area contributed by atoms with Crippen molar-refractivity contribution in [3.63, 3.8) is 0 Å². The van der Waals surface area contributed by atoms with Gasteiger partial charge in [0.05, 0.1) is 15.2 Å². The predicted octanol–water partition coefficient (Wildman–Crippen LogP) is 1.81. The lowest BCUT2D eigenvalue weighted by atomic mass is 10.3. The zero-order valence-electron chi connectivity index (χ0n) is 6.08. The summed E-state index contributed by atoms with van der Waals surface area (Å²) in [7, 11) is 0. The van der Waals surface area contributed by atoms with E-state index < -0.39 is 0 Å². The molecule has 62 valence electrons. The van der Waals surface area contributed by atoms with Crippen LogP contribution >= 0.6 is 22.9 Å². The molecule has 0 bridgehead atoms. The lowest BCUT2D eigenvalue weighted by molar-refractivity contribution is -0.386. The molecule has 2 rings (SSSR count). The van der Waals surface area contributed by atoms with E-state index in [4.69, 9.17) is 11.6 Å². The summed E-state index contributed by atoms with van der Waals surface area (Å²) in [5.74, 6) is 0. The normalized spacial score (nSPS) is 10.8. The van der Waals surface area contributed by atoms with Gasteiger partial charge in [-0.05, 0) is 18.2 Å². The van der Waals surface area contributed by atoms with Gasteiger partial charge in [0.25, 0.3) is 0 Å². The van der Waals surface area contributed by atoms with Gasteiger partial charge in [-0.2, -0.15) is 0 Å². The molecule has 1 aromatic heterocycles. The van der Waals surface area contributed by atoms with Crippen LogP contribution in [0.3, 0.4) is 0 Å². The van der Waals surface area contributed by atoms with Crippen molar-refractivity contribution in [1.29, 1.82) is 0 Å². The van der Waals surface area contributed by atoms with Gasteiger partial charge < -0.3 is 5.11 Å². The number of benzene rings is 1. The average molecular weight is 199 g/mol. The van der Waals surface area contributed by atoms with Crippen LogP contribution in [0.25, 0.3) is 10.2 Å². The van der Waals surface area contributed by atoms with Crippen LogP contribution in [0.5, 0.6) is 0 Å². The number of aromatic nitrogens is 1. The Bertz CT molecular complexity index is 412.